The van der Waals surface area contributed by atoms with Gasteiger partial charge in [-0.1, -0.05) is 65.7 Å². The fourth-order valence-electron chi connectivity index (χ4n) is 4.19. The van der Waals surface area contributed by atoms with Gasteiger partial charge in [0.25, 0.3) is 0 Å². The molecule has 0 spiro atoms. The standard InChI is InChI=1S/C32H23Cl2FN2O3/c1-2-37-19-30(26-14-10-23(33)17-28(26)34)36-31(37)16-5-20-3-6-21(7-4-20)22-8-11-24(12-9-22)40-25-13-15-27(32(38)39)29(35)18-25/h3-19H,2H2,1H3,(H,38,39)/b16-5+. The van der Waals surface area contributed by atoms with Gasteiger partial charge in [-0.05, 0) is 72.2 Å². The summed E-state index contributed by atoms with van der Waals surface area (Å²) in [6.45, 7) is 2.82. The molecule has 0 atom stereocenters. The molecule has 0 bridgehead atoms. The van der Waals surface area contributed by atoms with Crippen molar-refractivity contribution in [3.05, 3.63) is 124 Å². The molecule has 1 aromatic heterocycles. The minimum absolute atomic E-state index is 0.221. The van der Waals surface area contributed by atoms with Gasteiger partial charge in [-0.2, -0.15) is 0 Å². The molecular formula is C32H23Cl2FN2O3. The molecule has 0 fully saturated rings. The molecule has 0 aliphatic heterocycles. The molecule has 0 radical (unpaired) electrons. The van der Waals surface area contributed by atoms with Crippen LogP contribution in [0.4, 0.5) is 4.39 Å². The van der Waals surface area contributed by atoms with Gasteiger partial charge in [0.05, 0.1) is 16.3 Å². The van der Waals surface area contributed by atoms with Crippen LogP contribution in [-0.4, -0.2) is 20.6 Å². The number of halogens is 3. The monoisotopic (exact) mass is 572 g/mol. The van der Waals surface area contributed by atoms with Crippen LogP contribution in [-0.2, 0) is 6.54 Å². The predicted molar refractivity (Wildman–Crippen MR) is 158 cm³/mol. The first-order chi connectivity index (χ1) is 19.3. The molecule has 200 valence electrons. The SMILES string of the molecule is CCn1cc(-c2ccc(Cl)cc2Cl)nc1/C=C/c1ccc(-c2ccc(Oc3ccc(C(=O)O)c(F)c3)cc2)cc1. The van der Waals surface area contributed by atoms with Crippen LogP contribution in [0.2, 0.25) is 10.0 Å². The molecule has 4 aromatic carbocycles. The number of carboxylic acid groups (broad SMARTS) is 1. The molecule has 0 amide bonds. The number of aromatic nitrogens is 2. The minimum atomic E-state index is -1.32. The summed E-state index contributed by atoms with van der Waals surface area (Å²) >= 11 is 12.4. The van der Waals surface area contributed by atoms with Crippen LogP contribution in [0, 0.1) is 5.82 Å². The van der Waals surface area contributed by atoms with E-state index < -0.39 is 17.3 Å². The maximum atomic E-state index is 13.9. The van der Waals surface area contributed by atoms with Gasteiger partial charge < -0.3 is 14.4 Å². The van der Waals surface area contributed by atoms with E-state index in [0.717, 1.165) is 46.4 Å². The Hall–Kier alpha value is -4.39. The van der Waals surface area contributed by atoms with Crippen LogP contribution in [0.25, 0.3) is 34.5 Å². The second-order valence-electron chi connectivity index (χ2n) is 8.92. The average Bonchev–Trinajstić information content (AvgIpc) is 3.35. The molecule has 0 aliphatic rings. The number of hydrogen-bond donors (Lipinski definition) is 1. The van der Waals surface area contributed by atoms with Crippen molar-refractivity contribution in [1.82, 2.24) is 9.55 Å². The van der Waals surface area contributed by atoms with Crippen LogP contribution in [0.5, 0.6) is 11.5 Å². The number of ether oxygens (including phenoxy) is 1. The summed E-state index contributed by atoms with van der Waals surface area (Å²) in [6, 6.07) is 24.5. The second kappa shape index (κ2) is 11.8. The summed E-state index contributed by atoms with van der Waals surface area (Å²) < 4.78 is 21.7. The van der Waals surface area contributed by atoms with Crippen LogP contribution in [0.3, 0.4) is 0 Å². The molecule has 0 saturated carbocycles. The molecule has 5 rings (SSSR count). The lowest BCUT2D eigenvalue weighted by atomic mass is 10.0. The van der Waals surface area contributed by atoms with Crippen molar-refractivity contribution in [3.63, 3.8) is 0 Å². The van der Waals surface area contributed by atoms with E-state index in [9.17, 15) is 9.18 Å². The summed E-state index contributed by atoms with van der Waals surface area (Å²) in [4.78, 5) is 15.8. The van der Waals surface area contributed by atoms with Crippen molar-refractivity contribution >= 4 is 41.3 Å². The molecule has 5 nitrogen and oxygen atoms in total. The van der Waals surface area contributed by atoms with Crippen LogP contribution < -0.4 is 4.74 Å². The summed E-state index contributed by atoms with van der Waals surface area (Å²) in [6.07, 6.45) is 5.97. The number of imidazole rings is 1. The Morgan fingerprint density at radius 1 is 0.925 bits per heavy atom. The van der Waals surface area contributed by atoms with Crippen molar-refractivity contribution < 1.29 is 19.0 Å². The Labute approximate surface area is 240 Å². The van der Waals surface area contributed by atoms with Gasteiger partial charge in [0, 0.05) is 29.4 Å². The molecule has 0 saturated heterocycles. The highest BCUT2D eigenvalue weighted by Crippen LogP contribution is 2.31. The fourth-order valence-corrected chi connectivity index (χ4v) is 4.69. The highest BCUT2D eigenvalue weighted by Gasteiger charge is 2.12. The number of nitrogens with zero attached hydrogens (tertiary/aromatic N) is 2. The van der Waals surface area contributed by atoms with Crippen LogP contribution in [0.1, 0.15) is 28.7 Å². The predicted octanol–water partition coefficient (Wildman–Crippen LogP) is 9.34. The van der Waals surface area contributed by atoms with Crippen molar-refractivity contribution in [3.8, 4) is 33.9 Å². The van der Waals surface area contributed by atoms with Gasteiger partial charge in [-0.3, -0.25) is 0 Å². The third kappa shape index (κ3) is 6.09. The lowest BCUT2D eigenvalue weighted by molar-refractivity contribution is 0.0692. The number of benzene rings is 4. The second-order valence-corrected chi connectivity index (χ2v) is 9.77. The van der Waals surface area contributed by atoms with E-state index in [4.69, 9.17) is 38.0 Å². The lowest BCUT2D eigenvalue weighted by Crippen LogP contribution is -2.00. The van der Waals surface area contributed by atoms with Crippen molar-refractivity contribution in [2.24, 2.45) is 0 Å². The van der Waals surface area contributed by atoms with Gasteiger partial charge in [-0.15, -0.1) is 0 Å². The largest absolute Gasteiger partial charge is 0.478 e. The highest BCUT2D eigenvalue weighted by atomic mass is 35.5. The van der Waals surface area contributed by atoms with Gasteiger partial charge in [0.15, 0.2) is 0 Å². The summed E-state index contributed by atoms with van der Waals surface area (Å²) in [7, 11) is 0. The maximum Gasteiger partial charge on any atom is 0.338 e. The molecule has 0 aliphatic carbocycles. The zero-order chi connectivity index (χ0) is 28.2. The molecule has 8 heteroatoms. The number of aryl methyl sites for hydroxylation is 1. The fraction of sp³-hybridized carbons (Fsp3) is 0.0625. The van der Waals surface area contributed by atoms with Gasteiger partial charge in [0.2, 0.25) is 0 Å². The normalized spacial score (nSPS) is 11.2. The zero-order valence-corrected chi connectivity index (χ0v) is 22.8. The van der Waals surface area contributed by atoms with E-state index in [-0.39, 0.29) is 5.75 Å². The number of aromatic carboxylic acids is 1. The first-order valence-electron chi connectivity index (χ1n) is 12.4. The van der Waals surface area contributed by atoms with E-state index in [2.05, 4.69) is 11.5 Å². The average molecular weight is 573 g/mol. The summed E-state index contributed by atoms with van der Waals surface area (Å²) in [5.74, 6) is -0.618. The smallest absolute Gasteiger partial charge is 0.338 e. The third-order valence-corrected chi connectivity index (χ3v) is 6.83. The Kier molecular flexibility index (Phi) is 8.01. The maximum absolute atomic E-state index is 13.9. The Morgan fingerprint density at radius 2 is 1.60 bits per heavy atom. The molecule has 1 N–H and O–H groups in total. The van der Waals surface area contributed by atoms with Gasteiger partial charge in [0.1, 0.15) is 23.1 Å². The quantitative estimate of drug-likeness (QED) is 0.201. The Balaban J connectivity index is 1.27. The van der Waals surface area contributed by atoms with E-state index in [1.165, 1.54) is 12.1 Å². The third-order valence-electron chi connectivity index (χ3n) is 6.29. The molecule has 0 unspecified atom stereocenters. The van der Waals surface area contributed by atoms with E-state index in [1.54, 1.807) is 24.3 Å². The first kappa shape index (κ1) is 27.2. The van der Waals surface area contributed by atoms with Crippen molar-refractivity contribution in [2.45, 2.75) is 13.5 Å². The highest BCUT2D eigenvalue weighted by molar-refractivity contribution is 6.36. The van der Waals surface area contributed by atoms with E-state index in [0.29, 0.717) is 15.8 Å². The summed E-state index contributed by atoms with van der Waals surface area (Å²) in [5.41, 5.74) is 4.25. The van der Waals surface area contributed by atoms with Crippen LogP contribution >= 0.6 is 23.2 Å². The topological polar surface area (TPSA) is 64.4 Å². The zero-order valence-electron chi connectivity index (χ0n) is 21.3. The van der Waals surface area contributed by atoms with Crippen LogP contribution in [0.15, 0.2) is 91.1 Å². The van der Waals surface area contributed by atoms with E-state index in [1.807, 2.05) is 60.8 Å². The molecular weight excluding hydrogens is 550 g/mol. The number of hydrogen-bond acceptors (Lipinski definition) is 3. The number of carboxylic acids is 1. The molecule has 40 heavy (non-hydrogen) atoms. The Morgan fingerprint density at radius 3 is 2.23 bits per heavy atom. The Bertz CT molecular complexity index is 1710. The van der Waals surface area contributed by atoms with Gasteiger partial charge in [-0.25, -0.2) is 14.2 Å². The van der Waals surface area contributed by atoms with Crippen molar-refractivity contribution in [1.29, 1.82) is 0 Å². The molecule has 5 aromatic rings. The first-order valence-corrected chi connectivity index (χ1v) is 13.2. The van der Waals surface area contributed by atoms with E-state index >= 15 is 0 Å². The lowest BCUT2D eigenvalue weighted by Gasteiger charge is -2.08. The number of rotatable bonds is 8. The molecule has 1 heterocycles. The summed E-state index contributed by atoms with van der Waals surface area (Å²) in [5, 5.41) is 10.1. The van der Waals surface area contributed by atoms with Crippen molar-refractivity contribution in [2.75, 3.05) is 0 Å². The number of carbonyl (C=O) groups is 1. The minimum Gasteiger partial charge on any atom is -0.478 e. The van der Waals surface area contributed by atoms with Gasteiger partial charge >= 0.3 is 5.97 Å².